The number of aliphatic hydroxyl groups excluding tert-OH is 1. The molecule has 0 bridgehead atoms. The van der Waals surface area contributed by atoms with E-state index in [1.54, 1.807) is 19.4 Å². The summed E-state index contributed by atoms with van der Waals surface area (Å²) in [4.78, 5) is 3.92. The van der Waals surface area contributed by atoms with Crippen molar-refractivity contribution in [2.75, 3.05) is 14.2 Å². The van der Waals surface area contributed by atoms with E-state index in [4.69, 9.17) is 14.6 Å². The fraction of sp³-hybridized carbons (Fsp3) is 0.375. The number of aliphatic hydroxyl groups is 1. The third-order valence-electron chi connectivity index (χ3n) is 1.52. The van der Waals surface area contributed by atoms with Crippen molar-refractivity contribution < 1.29 is 14.6 Å². The van der Waals surface area contributed by atoms with Crippen molar-refractivity contribution in [3.63, 3.8) is 0 Å². The molecule has 1 heterocycles. The first kappa shape index (κ1) is 12.0. The lowest BCUT2D eigenvalue weighted by Gasteiger charge is -2.09. The van der Waals surface area contributed by atoms with Crippen LogP contribution in [0.15, 0.2) is 12.3 Å². The van der Waals surface area contributed by atoms with Crippen molar-refractivity contribution in [1.82, 2.24) is 4.98 Å². The first-order valence-electron chi connectivity index (χ1n) is 3.50. The first-order valence-corrected chi connectivity index (χ1v) is 3.50. The quantitative estimate of drug-likeness (QED) is 0.801. The van der Waals surface area contributed by atoms with Gasteiger partial charge in [-0.05, 0) is 0 Å². The van der Waals surface area contributed by atoms with Crippen molar-refractivity contribution in [1.29, 1.82) is 0 Å². The first-order chi connectivity index (χ1) is 5.83. The van der Waals surface area contributed by atoms with Gasteiger partial charge in [0.25, 0.3) is 0 Å². The minimum absolute atomic E-state index is 0. The summed E-state index contributed by atoms with van der Waals surface area (Å²) in [7, 11) is 3.05. The van der Waals surface area contributed by atoms with Gasteiger partial charge in [0.05, 0.1) is 20.8 Å². The molecular weight excluding hydrogens is 194 g/mol. The van der Waals surface area contributed by atoms with Gasteiger partial charge in [0.15, 0.2) is 11.5 Å². The fourth-order valence-electron chi connectivity index (χ4n) is 0.963. The van der Waals surface area contributed by atoms with Crippen molar-refractivity contribution in [2.24, 2.45) is 0 Å². The fourth-order valence-corrected chi connectivity index (χ4v) is 0.963. The van der Waals surface area contributed by atoms with Gasteiger partial charge >= 0.3 is 0 Å². The van der Waals surface area contributed by atoms with Crippen molar-refractivity contribution >= 4 is 12.4 Å². The number of hydrogen-bond donors (Lipinski definition) is 1. The third kappa shape index (κ3) is 2.47. The van der Waals surface area contributed by atoms with E-state index in [9.17, 15) is 0 Å². The summed E-state index contributed by atoms with van der Waals surface area (Å²) in [5, 5.41) is 8.87. The van der Waals surface area contributed by atoms with Gasteiger partial charge in [0.2, 0.25) is 0 Å². The number of methoxy groups -OCH3 is 2. The van der Waals surface area contributed by atoms with E-state index in [1.165, 1.54) is 7.11 Å². The minimum Gasteiger partial charge on any atom is -0.493 e. The maximum atomic E-state index is 8.87. The molecule has 13 heavy (non-hydrogen) atoms. The zero-order valence-electron chi connectivity index (χ0n) is 7.48. The highest BCUT2D eigenvalue weighted by Gasteiger charge is 2.08. The molecule has 0 aliphatic carbocycles. The third-order valence-corrected chi connectivity index (χ3v) is 1.52. The Morgan fingerprint density at radius 1 is 1.38 bits per heavy atom. The van der Waals surface area contributed by atoms with E-state index >= 15 is 0 Å². The molecule has 0 radical (unpaired) electrons. The number of halogens is 1. The molecule has 0 aliphatic rings. The van der Waals surface area contributed by atoms with Gasteiger partial charge in [-0.25, -0.2) is 0 Å². The second-order valence-electron chi connectivity index (χ2n) is 2.15. The van der Waals surface area contributed by atoms with Gasteiger partial charge in [-0.3, -0.25) is 4.98 Å². The molecule has 5 heteroatoms. The summed E-state index contributed by atoms with van der Waals surface area (Å²) < 4.78 is 10.0. The predicted octanol–water partition coefficient (Wildman–Crippen LogP) is 1.01. The molecule has 1 aromatic rings. The van der Waals surface area contributed by atoms with E-state index in [1.807, 2.05) is 0 Å². The van der Waals surface area contributed by atoms with Crippen LogP contribution in [-0.2, 0) is 6.61 Å². The normalized spacial score (nSPS) is 8.85. The van der Waals surface area contributed by atoms with E-state index < -0.39 is 0 Å². The number of aromatic nitrogens is 1. The zero-order chi connectivity index (χ0) is 8.97. The summed E-state index contributed by atoms with van der Waals surface area (Å²) in [6.45, 7) is -0.152. The van der Waals surface area contributed by atoms with E-state index in [2.05, 4.69) is 4.98 Å². The second kappa shape index (κ2) is 5.61. The Morgan fingerprint density at radius 3 is 2.54 bits per heavy atom. The molecule has 0 aromatic carbocycles. The molecule has 1 aromatic heterocycles. The SMILES string of the molecule is COc1ccnc(CO)c1OC.Cl. The molecule has 1 rings (SSSR count). The predicted molar refractivity (Wildman–Crippen MR) is 50.5 cm³/mol. The van der Waals surface area contributed by atoms with Gasteiger partial charge in [0.1, 0.15) is 5.69 Å². The second-order valence-corrected chi connectivity index (χ2v) is 2.15. The highest BCUT2D eigenvalue weighted by Crippen LogP contribution is 2.28. The molecular formula is C8H12ClNO3. The molecule has 0 saturated carbocycles. The Bertz CT molecular complexity index is 245. The summed E-state index contributed by atoms with van der Waals surface area (Å²) in [6, 6.07) is 1.68. The number of pyridine rings is 1. The van der Waals surface area contributed by atoms with Gasteiger partial charge in [0, 0.05) is 12.3 Å². The van der Waals surface area contributed by atoms with E-state index in [-0.39, 0.29) is 19.0 Å². The van der Waals surface area contributed by atoms with Crippen LogP contribution >= 0.6 is 12.4 Å². The highest BCUT2D eigenvalue weighted by molar-refractivity contribution is 5.85. The van der Waals surface area contributed by atoms with Crippen LogP contribution in [0.1, 0.15) is 5.69 Å². The van der Waals surface area contributed by atoms with Crippen molar-refractivity contribution in [3.8, 4) is 11.5 Å². The Morgan fingerprint density at radius 2 is 2.08 bits per heavy atom. The van der Waals surface area contributed by atoms with Crippen LogP contribution in [0, 0.1) is 0 Å². The van der Waals surface area contributed by atoms with Crippen LogP contribution in [0.2, 0.25) is 0 Å². The van der Waals surface area contributed by atoms with E-state index in [0.29, 0.717) is 17.2 Å². The summed E-state index contributed by atoms with van der Waals surface area (Å²) >= 11 is 0. The molecule has 0 unspecified atom stereocenters. The topological polar surface area (TPSA) is 51.6 Å². The van der Waals surface area contributed by atoms with Gasteiger partial charge in [-0.15, -0.1) is 12.4 Å². The molecule has 0 fully saturated rings. The van der Waals surface area contributed by atoms with Crippen LogP contribution in [0.25, 0.3) is 0 Å². The maximum absolute atomic E-state index is 8.87. The zero-order valence-corrected chi connectivity index (χ0v) is 8.30. The molecule has 0 saturated heterocycles. The van der Waals surface area contributed by atoms with Crippen molar-refractivity contribution in [2.45, 2.75) is 6.61 Å². The number of rotatable bonds is 3. The molecule has 74 valence electrons. The van der Waals surface area contributed by atoms with Crippen LogP contribution < -0.4 is 9.47 Å². The highest BCUT2D eigenvalue weighted by atomic mass is 35.5. The lowest BCUT2D eigenvalue weighted by molar-refractivity contribution is 0.264. The van der Waals surface area contributed by atoms with Crippen LogP contribution in [0.3, 0.4) is 0 Å². The van der Waals surface area contributed by atoms with Crippen LogP contribution in [0.4, 0.5) is 0 Å². The molecule has 0 atom stereocenters. The number of hydrogen-bond acceptors (Lipinski definition) is 4. The van der Waals surface area contributed by atoms with Crippen molar-refractivity contribution in [3.05, 3.63) is 18.0 Å². The summed E-state index contributed by atoms with van der Waals surface area (Å²) in [5.74, 6) is 1.07. The van der Waals surface area contributed by atoms with Crippen LogP contribution in [-0.4, -0.2) is 24.3 Å². The largest absolute Gasteiger partial charge is 0.493 e. The maximum Gasteiger partial charge on any atom is 0.184 e. The monoisotopic (exact) mass is 205 g/mol. The minimum atomic E-state index is -0.152. The lowest BCUT2D eigenvalue weighted by atomic mass is 10.3. The molecule has 0 spiro atoms. The Hall–Kier alpha value is -1.00. The average Bonchev–Trinajstić information content (AvgIpc) is 2.16. The molecule has 1 N–H and O–H groups in total. The standard InChI is InChI=1S/C8H11NO3.ClH/c1-11-7-3-4-9-6(5-10)8(7)12-2;/h3-4,10H,5H2,1-2H3;1H. The van der Waals surface area contributed by atoms with E-state index in [0.717, 1.165) is 0 Å². The smallest absolute Gasteiger partial charge is 0.184 e. The Balaban J connectivity index is 0.00000144. The number of nitrogens with zero attached hydrogens (tertiary/aromatic N) is 1. The summed E-state index contributed by atoms with van der Waals surface area (Å²) in [6.07, 6.45) is 1.56. The number of ether oxygens (including phenoxy) is 2. The Kier molecular flexibility index (Phi) is 5.18. The molecule has 4 nitrogen and oxygen atoms in total. The van der Waals surface area contributed by atoms with Crippen LogP contribution in [0.5, 0.6) is 11.5 Å². The summed E-state index contributed by atoms with van der Waals surface area (Å²) in [5.41, 5.74) is 0.483. The Labute approximate surface area is 82.9 Å². The van der Waals surface area contributed by atoms with Gasteiger partial charge in [-0.2, -0.15) is 0 Å². The lowest BCUT2D eigenvalue weighted by Crippen LogP contribution is -1.98. The molecule has 0 aliphatic heterocycles. The average molecular weight is 206 g/mol. The molecule has 0 amide bonds. The van der Waals surface area contributed by atoms with Gasteiger partial charge in [-0.1, -0.05) is 0 Å². The van der Waals surface area contributed by atoms with Gasteiger partial charge < -0.3 is 14.6 Å².